The number of aryl methyl sites for hydroxylation is 1. The Balaban J connectivity index is 1.65. The lowest BCUT2D eigenvalue weighted by atomic mass is 9.96. The van der Waals surface area contributed by atoms with Crippen molar-refractivity contribution in [2.45, 2.75) is 45.6 Å². The molecular formula is C20H34N4O. The molecule has 1 amide bonds. The molecule has 140 valence electrons. The molecule has 1 aliphatic rings. The van der Waals surface area contributed by atoms with E-state index in [4.69, 9.17) is 5.73 Å². The molecule has 2 rings (SSSR count). The molecule has 5 nitrogen and oxygen atoms in total. The number of rotatable bonds is 8. The van der Waals surface area contributed by atoms with Crippen LogP contribution in [0.1, 0.15) is 38.7 Å². The van der Waals surface area contributed by atoms with Gasteiger partial charge in [-0.3, -0.25) is 9.69 Å². The number of carbonyl (C=O) groups is 1. The van der Waals surface area contributed by atoms with E-state index in [1.807, 2.05) is 6.92 Å². The predicted octanol–water partition coefficient (Wildman–Crippen LogP) is 2.14. The van der Waals surface area contributed by atoms with E-state index in [1.54, 1.807) is 0 Å². The number of benzene rings is 1. The molecule has 1 atom stereocenters. The van der Waals surface area contributed by atoms with Crippen LogP contribution in [-0.4, -0.2) is 55.6 Å². The second-order valence-corrected chi connectivity index (χ2v) is 7.44. The first-order chi connectivity index (χ1) is 11.9. The number of hydrogen-bond acceptors (Lipinski definition) is 4. The lowest BCUT2D eigenvalue weighted by Gasteiger charge is -2.36. The number of nitrogens with two attached hydrogens (primary N) is 1. The Morgan fingerprint density at radius 3 is 2.64 bits per heavy atom. The van der Waals surface area contributed by atoms with Gasteiger partial charge in [0.15, 0.2) is 0 Å². The van der Waals surface area contributed by atoms with Gasteiger partial charge in [0, 0.05) is 38.4 Å². The molecule has 0 aliphatic carbocycles. The minimum absolute atomic E-state index is 0.0291. The van der Waals surface area contributed by atoms with E-state index < -0.39 is 5.54 Å². The average molecular weight is 347 g/mol. The molecule has 1 aliphatic heterocycles. The molecular weight excluding hydrogens is 312 g/mol. The van der Waals surface area contributed by atoms with Crippen molar-refractivity contribution in [2.75, 3.05) is 44.2 Å². The highest BCUT2D eigenvalue weighted by Gasteiger charge is 2.26. The number of amides is 1. The van der Waals surface area contributed by atoms with Crippen LogP contribution in [0.4, 0.5) is 5.69 Å². The largest absolute Gasteiger partial charge is 0.369 e. The van der Waals surface area contributed by atoms with Gasteiger partial charge in [0.1, 0.15) is 0 Å². The topological polar surface area (TPSA) is 61.6 Å². The highest BCUT2D eigenvalue weighted by atomic mass is 16.2. The van der Waals surface area contributed by atoms with Gasteiger partial charge in [0.2, 0.25) is 5.91 Å². The van der Waals surface area contributed by atoms with Crippen molar-refractivity contribution in [3.8, 4) is 0 Å². The third-order valence-electron chi connectivity index (χ3n) is 4.96. The molecule has 1 unspecified atom stereocenters. The van der Waals surface area contributed by atoms with Crippen molar-refractivity contribution in [3.05, 3.63) is 29.8 Å². The quantitative estimate of drug-likeness (QED) is 0.708. The lowest BCUT2D eigenvalue weighted by molar-refractivity contribution is -0.126. The van der Waals surface area contributed by atoms with E-state index in [0.717, 1.165) is 52.0 Å². The fourth-order valence-corrected chi connectivity index (χ4v) is 3.39. The number of nitrogens with zero attached hydrogens (tertiary/aromatic N) is 2. The summed E-state index contributed by atoms with van der Waals surface area (Å²) in [5.41, 5.74) is 7.94. The highest BCUT2D eigenvalue weighted by Crippen LogP contribution is 2.17. The zero-order chi connectivity index (χ0) is 18.3. The van der Waals surface area contributed by atoms with Crippen molar-refractivity contribution in [1.82, 2.24) is 10.2 Å². The highest BCUT2D eigenvalue weighted by molar-refractivity contribution is 5.85. The van der Waals surface area contributed by atoms with E-state index in [0.29, 0.717) is 6.54 Å². The Morgan fingerprint density at radius 1 is 1.28 bits per heavy atom. The van der Waals surface area contributed by atoms with E-state index in [1.165, 1.54) is 11.3 Å². The van der Waals surface area contributed by atoms with E-state index in [9.17, 15) is 4.79 Å². The summed E-state index contributed by atoms with van der Waals surface area (Å²) >= 11 is 0. The number of hydrogen-bond donors (Lipinski definition) is 2. The SMILES string of the molecule is CCCC(C)(N)C(=O)NCCCN1CCN(c2cccc(C)c2)CC1. The van der Waals surface area contributed by atoms with Gasteiger partial charge in [-0.15, -0.1) is 0 Å². The van der Waals surface area contributed by atoms with Crippen molar-refractivity contribution in [1.29, 1.82) is 0 Å². The predicted molar refractivity (Wildman–Crippen MR) is 105 cm³/mol. The first kappa shape index (κ1) is 19.7. The summed E-state index contributed by atoms with van der Waals surface area (Å²) in [7, 11) is 0. The summed E-state index contributed by atoms with van der Waals surface area (Å²) in [5.74, 6) is -0.0291. The lowest BCUT2D eigenvalue weighted by Crippen LogP contribution is -2.52. The molecule has 1 aromatic rings. The van der Waals surface area contributed by atoms with Crippen molar-refractivity contribution >= 4 is 11.6 Å². The Bertz CT molecular complexity index is 550. The van der Waals surface area contributed by atoms with Gasteiger partial charge in [-0.05, 0) is 50.9 Å². The van der Waals surface area contributed by atoms with E-state index >= 15 is 0 Å². The van der Waals surface area contributed by atoms with Crippen LogP contribution in [-0.2, 0) is 4.79 Å². The van der Waals surface area contributed by atoms with Crippen LogP contribution >= 0.6 is 0 Å². The third-order valence-corrected chi connectivity index (χ3v) is 4.96. The second-order valence-electron chi connectivity index (χ2n) is 7.44. The maximum absolute atomic E-state index is 12.1. The summed E-state index contributed by atoms with van der Waals surface area (Å²) in [4.78, 5) is 17.0. The Labute approximate surface area is 152 Å². The smallest absolute Gasteiger partial charge is 0.239 e. The van der Waals surface area contributed by atoms with Crippen LogP contribution < -0.4 is 16.0 Å². The van der Waals surface area contributed by atoms with E-state index in [-0.39, 0.29) is 5.91 Å². The standard InChI is InChI=1S/C20H34N4O/c1-4-9-20(3,21)19(25)22-10-6-11-23-12-14-24(15-13-23)18-8-5-7-17(2)16-18/h5,7-8,16H,4,6,9-15,21H2,1-3H3,(H,22,25). The molecule has 0 spiro atoms. The van der Waals surface area contributed by atoms with Gasteiger partial charge in [-0.2, -0.15) is 0 Å². The molecule has 5 heteroatoms. The summed E-state index contributed by atoms with van der Waals surface area (Å²) in [6.45, 7) is 12.0. The Morgan fingerprint density at radius 2 is 2.00 bits per heavy atom. The molecule has 1 aromatic carbocycles. The Kier molecular flexibility index (Phi) is 7.26. The molecule has 25 heavy (non-hydrogen) atoms. The van der Waals surface area contributed by atoms with Gasteiger partial charge in [-0.25, -0.2) is 0 Å². The summed E-state index contributed by atoms with van der Waals surface area (Å²) in [6.07, 6.45) is 2.61. The zero-order valence-corrected chi connectivity index (χ0v) is 16.1. The molecule has 1 fully saturated rings. The molecule has 0 aromatic heterocycles. The van der Waals surface area contributed by atoms with Crippen molar-refractivity contribution in [3.63, 3.8) is 0 Å². The Hall–Kier alpha value is -1.59. The first-order valence-electron chi connectivity index (χ1n) is 9.53. The minimum Gasteiger partial charge on any atom is -0.369 e. The number of piperazine rings is 1. The van der Waals surface area contributed by atoms with Crippen LogP contribution in [0, 0.1) is 6.92 Å². The average Bonchev–Trinajstić information content (AvgIpc) is 2.59. The molecule has 0 saturated carbocycles. The monoisotopic (exact) mass is 346 g/mol. The third kappa shape index (κ3) is 6.01. The maximum Gasteiger partial charge on any atom is 0.239 e. The first-order valence-corrected chi connectivity index (χ1v) is 9.53. The molecule has 1 heterocycles. The fourth-order valence-electron chi connectivity index (χ4n) is 3.39. The van der Waals surface area contributed by atoms with Crippen LogP contribution in [0.25, 0.3) is 0 Å². The number of carbonyl (C=O) groups excluding carboxylic acids is 1. The molecule has 1 saturated heterocycles. The van der Waals surface area contributed by atoms with Gasteiger partial charge < -0.3 is 16.0 Å². The van der Waals surface area contributed by atoms with Crippen LogP contribution in [0.5, 0.6) is 0 Å². The van der Waals surface area contributed by atoms with Crippen molar-refractivity contribution < 1.29 is 4.79 Å². The van der Waals surface area contributed by atoms with Crippen molar-refractivity contribution in [2.24, 2.45) is 5.73 Å². The molecule has 0 radical (unpaired) electrons. The van der Waals surface area contributed by atoms with E-state index in [2.05, 4.69) is 53.2 Å². The fraction of sp³-hybridized carbons (Fsp3) is 0.650. The summed E-state index contributed by atoms with van der Waals surface area (Å²) in [6, 6.07) is 8.72. The van der Waals surface area contributed by atoms with Crippen LogP contribution in [0.3, 0.4) is 0 Å². The molecule has 3 N–H and O–H groups in total. The van der Waals surface area contributed by atoms with Gasteiger partial charge in [0.25, 0.3) is 0 Å². The van der Waals surface area contributed by atoms with Gasteiger partial charge in [-0.1, -0.05) is 25.5 Å². The van der Waals surface area contributed by atoms with Crippen LogP contribution in [0.15, 0.2) is 24.3 Å². The molecule has 0 bridgehead atoms. The summed E-state index contributed by atoms with van der Waals surface area (Å²) in [5, 5.41) is 2.99. The van der Waals surface area contributed by atoms with Gasteiger partial charge in [0.05, 0.1) is 5.54 Å². The van der Waals surface area contributed by atoms with Gasteiger partial charge >= 0.3 is 0 Å². The number of anilines is 1. The maximum atomic E-state index is 12.1. The number of nitrogens with one attached hydrogen (secondary N) is 1. The second kappa shape index (κ2) is 9.20. The normalized spacial score (nSPS) is 18.0. The van der Waals surface area contributed by atoms with Crippen LogP contribution in [0.2, 0.25) is 0 Å². The zero-order valence-electron chi connectivity index (χ0n) is 16.1. The summed E-state index contributed by atoms with van der Waals surface area (Å²) < 4.78 is 0. The minimum atomic E-state index is -0.742.